The van der Waals surface area contributed by atoms with Gasteiger partial charge in [-0.2, -0.15) is 0 Å². The number of hydrogen-bond acceptors (Lipinski definition) is 3. The van der Waals surface area contributed by atoms with Crippen LogP contribution in [0.5, 0.6) is 5.75 Å². The Labute approximate surface area is 97.4 Å². The summed E-state index contributed by atoms with van der Waals surface area (Å²) in [5.41, 5.74) is 1.03. The van der Waals surface area contributed by atoms with Crippen molar-refractivity contribution in [2.24, 2.45) is 0 Å². The number of likely N-dealkylation sites (N-methyl/N-ethyl adjacent to an activating group) is 1. The lowest BCUT2D eigenvalue weighted by Gasteiger charge is -2.26. The van der Waals surface area contributed by atoms with E-state index in [4.69, 9.17) is 4.74 Å². The van der Waals surface area contributed by atoms with Crippen molar-refractivity contribution in [2.75, 3.05) is 14.1 Å². The number of aryl methyl sites for hydroxylation is 1. The van der Waals surface area contributed by atoms with Crippen LogP contribution in [0.25, 0.3) is 0 Å². The Hall–Kier alpha value is -1.09. The average molecular weight is 220 g/mol. The second-order valence-electron chi connectivity index (χ2n) is 4.75. The van der Waals surface area contributed by atoms with Crippen LogP contribution in [0.1, 0.15) is 25.0 Å². The number of pyridine rings is 1. The highest BCUT2D eigenvalue weighted by molar-refractivity contribution is 5.19. The third kappa shape index (κ3) is 2.53. The maximum Gasteiger partial charge on any atom is 0.138 e. The number of nitrogens with zero attached hydrogens (tertiary/aromatic N) is 2. The SMILES string of the molecule is Cc1ccc(OC2CCCC2N(C)C)cn1. The average Bonchev–Trinajstić information content (AvgIpc) is 2.69. The quantitative estimate of drug-likeness (QED) is 0.781. The van der Waals surface area contributed by atoms with Gasteiger partial charge in [-0.05, 0) is 52.4 Å². The normalized spacial score (nSPS) is 25.0. The van der Waals surface area contributed by atoms with E-state index in [0.29, 0.717) is 12.1 Å². The molecule has 3 nitrogen and oxygen atoms in total. The van der Waals surface area contributed by atoms with Crippen LogP contribution < -0.4 is 4.74 Å². The van der Waals surface area contributed by atoms with Crippen molar-refractivity contribution in [3.05, 3.63) is 24.0 Å². The first-order valence-electron chi connectivity index (χ1n) is 5.92. The Bertz CT molecular complexity index is 334. The highest BCUT2D eigenvalue weighted by Gasteiger charge is 2.30. The minimum absolute atomic E-state index is 0.319. The molecule has 3 heteroatoms. The molecule has 0 bridgehead atoms. The Morgan fingerprint density at radius 2 is 2.12 bits per heavy atom. The van der Waals surface area contributed by atoms with Crippen molar-refractivity contribution in [3.8, 4) is 5.75 Å². The van der Waals surface area contributed by atoms with E-state index in [1.54, 1.807) is 0 Å². The molecule has 2 atom stereocenters. The van der Waals surface area contributed by atoms with Crippen molar-refractivity contribution in [2.45, 2.75) is 38.3 Å². The lowest BCUT2D eigenvalue weighted by atomic mass is 10.2. The first-order chi connectivity index (χ1) is 7.66. The summed E-state index contributed by atoms with van der Waals surface area (Å²) in [6.45, 7) is 1.99. The largest absolute Gasteiger partial charge is 0.487 e. The van der Waals surface area contributed by atoms with Gasteiger partial charge in [0, 0.05) is 11.7 Å². The maximum atomic E-state index is 6.00. The molecule has 0 N–H and O–H groups in total. The fraction of sp³-hybridized carbons (Fsp3) is 0.615. The summed E-state index contributed by atoms with van der Waals surface area (Å²) in [7, 11) is 4.25. The second-order valence-corrected chi connectivity index (χ2v) is 4.75. The zero-order valence-electron chi connectivity index (χ0n) is 10.3. The van der Waals surface area contributed by atoms with Gasteiger partial charge in [-0.15, -0.1) is 0 Å². The van der Waals surface area contributed by atoms with Gasteiger partial charge in [-0.1, -0.05) is 0 Å². The van der Waals surface area contributed by atoms with Crippen LogP contribution in [0.4, 0.5) is 0 Å². The predicted octanol–water partition coefficient (Wildman–Crippen LogP) is 2.25. The monoisotopic (exact) mass is 220 g/mol. The molecule has 0 aromatic carbocycles. The lowest BCUT2D eigenvalue weighted by molar-refractivity contribution is 0.121. The van der Waals surface area contributed by atoms with Crippen LogP contribution in [-0.4, -0.2) is 36.1 Å². The van der Waals surface area contributed by atoms with E-state index in [1.165, 1.54) is 12.8 Å². The maximum absolute atomic E-state index is 6.00. The first kappa shape index (κ1) is 11.4. The Morgan fingerprint density at radius 3 is 2.75 bits per heavy atom. The smallest absolute Gasteiger partial charge is 0.138 e. The molecule has 2 rings (SSSR count). The van der Waals surface area contributed by atoms with Gasteiger partial charge in [0.1, 0.15) is 11.9 Å². The molecule has 1 heterocycles. The molecular weight excluding hydrogens is 200 g/mol. The third-order valence-corrected chi connectivity index (χ3v) is 3.25. The van der Waals surface area contributed by atoms with Crippen LogP contribution >= 0.6 is 0 Å². The van der Waals surface area contributed by atoms with Crippen LogP contribution in [-0.2, 0) is 0 Å². The van der Waals surface area contributed by atoms with E-state index >= 15 is 0 Å². The highest BCUT2D eigenvalue weighted by Crippen LogP contribution is 2.26. The molecule has 0 radical (unpaired) electrons. The fourth-order valence-corrected chi connectivity index (χ4v) is 2.33. The van der Waals surface area contributed by atoms with Crippen LogP contribution in [0.15, 0.2) is 18.3 Å². The highest BCUT2D eigenvalue weighted by atomic mass is 16.5. The van der Waals surface area contributed by atoms with Crippen molar-refractivity contribution >= 4 is 0 Å². The predicted molar refractivity (Wildman–Crippen MR) is 64.7 cm³/mol. The van der Waals surface area contributed by atoms with Gasteiger partial charge in [0.2, 0.25) is 0 Å². The zero-order valence-corrected chi connectivity index (χ0v) is 10.3. The van der Waals surface area contributed by atoms with Crippen molar-refractivity contribution in [1.82, 2.24) is 9.88 Å². The Morgan fingerprint density at radius 1 is 1.31 bits per heavy atom. The molecule has 2 unspecified atom stereocenters. The van der Waals surface area contributed by atoms with Crippen molar-refractivity contribution < 1.29 is 4.74 Å². The number of ether oxygens (including phenoxy) is 1. The molecule has 1 aliphatic carbocycles. The standard InChI is InChI=1S/C13H20N2O/c1-10-7-8-11(9-14-10)16-13-6-4-5-12(13)15(2)3/h7-9,12-13H,4-6H2,1-3H3. The molecule has 0 aliphatic heterocycles. The molecule has 88 valence electrons. The summed E-state index contributed by atoms with van der Waals surface area (Å²) in [4.78, 5) is 6.52. The van der Waals surface area contributed by atoms with E-state index in [9.17, 15) is 0 Å². The van der Waals surface area contributed by atoms with E-state index in [1.807, 2.05) is 25.3 Å². The molecule has 16 heavy (non-hydrogen) atoms. The molecule has 1 aliphatic rings. The van der Waals surface area contributed by atoms with Gasteiger partial charge < -0.3 is 9.64 Å². The summed E-state index contributed by atoms with van der Waals surface area (Å²) in [5.74, 6) is 0.893. The summed E-state index contributed by atoms with van der Waals surface area (Å²) < 4.78 is 6.00. The van der Waals surface area contributed by atoms with E-state index in [0.717, 1.165) is 17.9 Å². The summed E-state index contributed by atoms with van der Waals surface area (Å²) in [5, 5.41) is 0. The van der Waals surface area contributed by atoms with Gasteiger partial charge >= 0.3 is 0 Å². The van der Waals surface area contributed by atoms with Crippen molar-refractivity contribution in [3.63, 3.8) is 0 Å². The number of aromatic nitrogens is 1. The van der Waals surface area contributed by atoms with Gasteiger partial charge in [-0.25, -0.2) is 0 Å². The molecule has 0 amide bonds. The van der Waals surface area contributed by atoms with Gasteiger partial charge in [0.15, 0.2) is 0 Å². The van der Waals surface area contributed by atoms with E-state index in [-0.39, 0.29) is 0 Å². The van der Waals surface area contributed by atoms with Gasteiger partial charge in [-0.3, -0.25) is 4.98 Å². The molecule has 1 saturated carbocycles. The molecule has 1 aromatic rings. The lowest BCUT2D eigenvalue weighted by Crippen LogP contribution is -2.38. The molecule has 1 fully saturated rings. The van der Waals surface area contributed by atoms with Gasteiger partial charge in [0.25, 0.3) is 0 Å². The summed E-state index contributed by atoms with van der Waals surface area (Å²) >= 11 is 0. The van der Waals surface area contributed by atoms with Crippen LogP contribution in [0.3, 0.4) is 0 Å². The Balaban J connectivity index is 2.01. The number of rotatable bonds is 3. The zero-order chi connectivity index (χ0) is 11.5. The second kappa shape index (κ2) is 4.83. The Kier molecular flexibility index (Phi) is 3.44. The van der Waals surface area contributed by atoms with Crippen LogP contribution in [0, 0.1) is 6.92 Å². The van der Waals surface area contributed by atoms with Crippen LogP contribution in [0.2, 0.25) is 0 Å². The first-order valence-corrected chi connectivity index (χ1v) is 5.92. The number of hydrogen-bond donors (Lipinski definition) is 0. The topological polar surface area (TPSA) is 25.4 Å². The van der Waals surface area contributed by atoms with E-state index in [2.05, 4.69) is 24.0 Å². The molecule has 0 saturated heterocycles. The molecular formula is C13H20N2O. The summed E-state index contributed by atoms with van der Waals surface area (Å²) in [6.07, 6.45) is 5.78. The third-order valence-electron chi connectivity index (χ3n) is 3.25. The molecule has 1 aromatic heterocycles. The summed E-state index contributed by atoms with van der Waals surface area (Å²) in [6, 6.07) is 4.55. The fourth-order valence-electron chi connectivity index (χ4n) is 2.33. The van der Waals surface area contributed by atoms with Gasteiger partial charge in [0.05, 0.1) is 6.20 Å². The minimum Gasteiger partial charge on any atom is -0.487 e. The molecule has 0 spiro atoms. The minimum atomic E-state index is 0.319. The van der Waals surface area contributed by atoms with E-state index < -0.39 is 0 Å². The van der Waals surface area contributed by atoms with Crippen molar-refractivity contribution in [1.29, 1.82) is 0 Å².